The average molecular weight is 874 g/mol. The second-order valence-electron chi connectivity index (χ2n) is 11.5. The molecule has 4 fully saturated rings. The SMILES string of the molecule is COC1=C(C)C(F)=CCC1Br.COc1c(Br)ccc(F)c1CN1O[C@@H](CO)C2C1C(=O)O[C@H]2C.C[C@@H]1OC(=O)C2NO[C@@H](CN=[N+]=[N-])C21.[N-]=[N+]=[N-].[Na+]. The second kappa shape index (κ2) is 21.4. The van der Waals surface area contributed by atoms with Crippen molar-refractivity contribution in [2.75, 3.05) is 27.4 Å². The quantitative estimate of drug-likeness (QED) is 0.101. The molecule has 52 heavy (non-hydrogen) atoms. The third kappa shape index (κ3) is 10.6. The van der Waals surface area contributed by atoms with Crippen molar-refractivity contribution in [3.8, 4) is 5.75 Å². The number of hydrogen-bond donors (Lipinski definition) is 2. The molecule has 4 heterocycles. The summed E-state index contributed by atoms with van der Waals surface area (Å²) in [5, 5.41) is 14.3. The van der Waals surface area contributed by atoms with E-state index in [1.807, 2.05) is 6.92 Å². The van der Waals surface area contributed by atoms with E-state index in [9.17, 15) is 23.5 Å². The molecule has 0 radical (unpaired) electrons. The maximum absolute atomic E-state index is 14.2. The van der Waals surface area contributed by atoms with Crippen LogP contribution in [0.25, 0.3) is 26.4 Å². The number of rotatable bonds is 7. The fourth-order valence-electron chi connectivity index (χ4n) is 6.28. The number of azide groups is 1. The van der Waals surface area contributed by atoms with E-state index in [0.29, 0.717) is 28.0 Å². The fraction of sp³-hybridized carbons (Fsp3) is 0.600. The summed E-state index contributed by atoms with van der Waals surface area (Å²) >= 11 is 6.70. The summed E-state index contributed by atoms with van der Waals surface area (Å²) in [6, 6.07) is 1.79. The van der Waals surface area contributed by atoms with Gasteiger partial charge in [0.25, 0.3) is 0 Å². The summed E-state index contributed by atoms with van der Waals surface area (Å²) in [4.78, 5) is 38.4. The van der Waals surface area contributed by atoms with E-state index < -0.39 is 30.0 Å². The molecule has 5 unspecified atom stereocenters. The number of carbonyl (C=O) groups is 2. The molecule has 5 aliphatic rings. The molecule has 0 bridgehead atoms. The standard InChI is InChI=1S/C15H17BrFNO5.C8H10BrFO.C7H10N4O3.N3.Na/c1-7-12-11(6-19)23-18(13(12)15(20)22-7)5-8-10(17)4-3-9(16)14(8)21-2;1-5-7(10)4-3-6(9)8(5)11-2;1-3-5-4(2-9-11-8)14-10-6(5)7(12)13-3;1-3-2;/h3-4,7,11-13,19H,5-6H2,1-2H3;4,6H,3H2,1-2H3;3-6,10H,2H2,1H3;;/q;;;-1;+1/t7-,11-,12?,13?;;3-,4-,5?,6?;;/m0.0../s1. The first-order chi connectivity index (χ1) is 24.3. The van der Waals surface area contributed by atoms with Crippen LogP contribution in [-0.4, -0.2) is 90.8 Å². The van der Waals surface area contributed by atoms with Crippen LogP contribution in [0.4, 0.5) is 8.78 Å². The van der Waals surface area contributed by atoms with Gasteiger partial charge in [-0.25, -0.2) is 8.78 Å². The zero-order valence-corrected chi connectivity index (χ0v) is 34.3. The number of aliphatic hydroxyl groups excluding tert-OH is 1. The van der Waals surface area contributed by atoms with Gasteiger partial charge in [-0.2, -0.15) is 10.5 Å². The van der Waals surface area contributed by atoms with Gasteiger partial charge in [-0.3, -0.25) is 24.2 Å². The molecule has 0 aromatic heterocycles. The number of nitrogens with zero attached hydrogens (tertiary/aromatic N) is 7. The van der Waals surface area contributed by atoms with Crippen LogP contribution in [0.3, 0.4) is 0 Å². The number of cyclic esters (lactones) is 2. The van der Waals surface area contributed by atoms with Gasteiger partial charge in [0.1, 0.15) is 53.5 Å². The molecule has 9 atom stereocenters. The van der Waals surface area contributed by atoms with E-state index in [1.54, 1.807) is 33.1 Å². The number of halogens is 4. The Labute approximate surface area is 336 Å². The molecule has 280 valence electrons. The number of fused-ring (bicyclic) bond motifs is 2. The second-order valence-corrected chi connectivity index (χ2v) is 13.5. The van der Waals surface area contributed by atoms with Gasteiger partial charge in [-0.1, -0.05) is 21.0 Å². The Kier molecular flexibility index (Phi) is 18.8. The van der Waals surface area contributed by atoms with Gasteiger partial charge in [0.2, 0.25) is 0 Å². The summed E-state index contributed by atoms with van der Waals surface area (Å²) in [5.74, 6) is -0.655. The molecular weight excluding hydrogens is 837 g/mol. The van der Waals surface area contributed by atoms with Crippen LogP contribution in [0.2, 0.25) is 0 Å². The zero-order chi connectivity index (χ0) is 38.0. The molecule has 22 heteroatoms. The van der Waals surface area contributed by atoms with Gasteiger partial charge in [0.15, 0.2) is 0 Å². The van der Waals surface area contributed by atoms with E-state index in [1.165, 1.54) is 23.2 Å². The minimum absolute atomic E-state index is 0. The number of methoxy groups -OCH3 is 2. The van der Waals surface area contributed by atoms with Crippen molar-refractivity contribution in [1.82, 2.24) is 10.5 Å². The van der Waals surface area contributed by atoms with E-state index in [0.717, 1.165) is 0 Å². The van der Waals surface area contributed by atoms with Crippen molar-refractivity contribution in [2.24, 2.45) is 17.0 Å². The molecular formula is C30H37Br2F2N8NaO9. The number of benzene rings is 1. The third-order valence-corrected chi connectivity index (χ3v) is 10.0. The largest absolute Gasteiger partial charge is 1.00 e. The first-order valence-corrected chi connectivity index (χ1v) is 17.1. The van der Waals surface area contributed by atoms with Crippen molar-refractivity contribution in [2.45, 2.75) is 75.1 Å². The van der Waals surface area contributed by atoms with Crippen molar-refractivity contribution < 1.29 is 81.7 Å². The Morgan fingerprint density at radius 1 is 1.08 bits per heavy atom. The summed E-state index contributed by atoms with van der Waals surface area (Å²) < 4.78 is 48.3. The number of esters is 2. The molecule has 1 aromatic carbocycles. The minimum Gasteiger partial charge on any atom is -0.500 e. The van der Waals surface area contributed by atoms with Crippen LogP contribution in [0.15, 0.2) is 45.0 Å². The van der Waals surface area contributed by atoms with E-state index in [-0.39, 0.29) is 102 Å². The predicted octanol–water partition coefficient (Wildman–Crippen LogP) is 2.56. The number of aliphatic hydroxyl groups is 1. The van der Waals surface area contributed by atoms with Gasteiger partial charge in [-0.15, -0.1) is 0 Å². The summed E-state index contributed by atoms with van der Waals surface area (Å²) in [7, 11) is 3.00. The molecule has 6 rings (SSSR count). The number of hydroxylamine groups is 3. The van der Waals surface area contributed by atoms with E-state index in [2.05, 4.69) is 47.4 Å². The fourth-order valence-corrected chi connectivity index (χ4v) is 7.53. The van der Waals surface area contributed by atoms with Crippen molar-refractivity contribution in [3.05, 3.63) is 77.6 Å². The maximum atomic E-state index is 14.2. The number of nitrogens with one attached hydrogen (secondary N) is 1. The van der Waals surface area contributed by atoms with Crippen LogP contribution < -0.4 is 39.8 Å². The molecule has 1 aromatic rings. The number of ether oxygens (including phenoxy) is 4. The van der Waals surface area contributed by atoms with E-state index >= 15 is 0 Å². The monoisotopic (exact) mass is 872 g/mol. The van der Waals surface area contributed by atoms with Gasteiger partial charge >= 0.3 is 41.5 Å². The first-order valence-electron chi connectivity index (χ1n) is 15.4. The summed E-state index contributed by atoms with van der Waals surface area (Å²) in [6.45, 7) is 5.27. The van der Waals surface area contributed by atoms with Crippen LogP contribution in [-0.2, 0) is 40.0 Å². The smallest absolute Gasteiger partial charge is 0.500 e. The van der Waals surface area contributed by atoms with Crippen molar-refractivity contribution in [1.29, 1.82) is 0 Å². The summed E-state index contributed by atoms with van der Waals surface area (Å²) in [6.07, 6.45) is 0.842. The Bertz CT molecular complexity index is 1580. The Hall–Kier alpha value is -2.52. The van der Waals surface area contributed by atoms with Crippen LogP contribution >= 0.6 is 31.9 Å². The van der Waals surface area contributed by atoms with Gasteiger partial charge < -0.3 is 35.1 Å². The number of allylic oxidation sites excluding steroid dienone is 4. The molecule has 4 aliphatic heterocycles. The first kappa shape index (κ1) is 45.6. The van der Waals surface area contributed by atoms with Crippen LogP contribution in [0, 0.1) is 17.7 Å². The topological polar surface area (TPSA) is 232 Å². The molecule has 4 saturated heterocycles. The van der Waals surface area contributed by atoms with E-state index in [4.69, 9.17) is 45.2 Å². The summed E-state index contributed by atoms with van der Waals surface area (Å²) in [5.41, 5.74) is 25.1. The van der Waals surface area contributed by atoms with Gasteiger partial charge in [0, 0.05) is 16.0 Å². The molecule has 0 spiro atoms. The molecule has 0 saturated carbocycles. The van der Waals surface area contributed by atoms with Crippen LogP contribution in [0.1, 0.15) is 32.8 Å². The van der Waals surface area contributed by atoms with Crippen molar-refractivity contribution in [3.63, 3.8) is 0 Å². The Balaban J connectivity index is 0.000000277. The van der Waals surface area contributed by atoms with Crippen LogP contribution in [0.5, 0.6) is 5.75 Å². The molecule has 1 aliphatic carbocycles. The van der Waals surface area contributed by atoms with Gasteiger partial charge in [0.05, 0.1) is 61.2 Å². The van der Waals surface area contributed by atoms with Crippen molar-refractivity contribution >= 4 is 43.8 Å². The third-order valence-electron chi connectivity index (χ3n) is 8.63. The predicted molar refractivity (Wildman–Crippen MR) is 182 cm³/mol. The number of alkyl halides is 1. The zero-order valence-electron chi connectivity index (χ0n) is 29.1. The Morgan fingerprint density at radius 3 is 2.29 bits per heavy atom. The number of carbonyl (C=O) groups excluding carboxylic acids is 2. The van der Waals surface area contributed by atoms with Gasteiger partial charge in [-0.05, 0) is 66.9 Å². The molecule has 17 nitrogen and oxygen atoms in total. The maximum Gasteiger partial charge on any atom is 1.00 e. The number of hydrogen-bond acceptors (Lipinski definition) is 12. The minimum atomic E-state index is -0.662. The Morgan fingerprint density at radius 2 is 1.71 bits per heavy atom. The molecule has 2 N–H and O–H groups in total. The average Bonchev–Trinajstić information content (AvgIpc) is 3.84. The normalized spacial score (nSPS) is 29.7. The molecule has 0 amide bonds.